The van der Waals surface area contributed by atoms with Crippen LogP contribution in [0.25, 0.3) is 220 Å². The van der Waals surface area contributed by atoms with E-state index in [1.54, 1.807) is 34.0 Å². The van der Waals surface area contributed by atoms with Gasteiger partial charge in [0, 0.05) is 77.9 Å². The highest BCUT2D eigenvalue weighted by Gasteiger charge is 2.21. The minimum atomic E-state index is 0.627. The molecule has 6 aromatic heterocycles. The maximum atomic E-state index is 5.06. The summed E-state index contributed by atoms with van der Waals surface area (Å²) in [6.07, 6.45) is 0. The van der Waals surface area contributed by atoms with Gasteiger partial charge in [-0.15, -0.1) is 34.0 Å². The van der Waals surface area contributed by atoms with Crippen molar-refractivity contribution in [2.75, 3.05) is 0 Å². The number of nitrogens with zero attached hydrogens (tertiary/aromatic N) is 12. The minimum absolute atomic E-state index is 0.627. The molecule has 0 unspecified atom stereocenters. The van der Waals surface area contributed by atoms with E-state index in [-0.39, 0.29) is 0 Å². The molecular weight excluding hydrogens is 1590 g/mol. The van der Waals surface area contributed by atoms with Crippen molar-refractivity contribution in [3.63, 3.8) is 0 Å². The van der Waals surface area contributed by atoms with E-state index in [1.165, 1.54) is 26.1 Å². The highest BCUT2D eigenvalue weighted by atomic mass is 32.1. The molecule has 23 aromatic rings. The first kappa shape index (κ1) is 76.4. The number of aromatic nitrogens is 12. The quantitative estimate of drug-likeness (QED) is 0.0959. The predicted octanol–water partition coefficient (Wildman–Crippen LogP) is 28.8. The standard InChI is InChI=1S/2C38H24N4S.C34H22N4S/c1-4-11-25(12-5-1)35-40-36(26-13-6-2-7-14-26)42-37(41-35)31-22-20-28-23-30(21-19-29(28)24-31)32-17-10-18-33-34(32)39-38(43-33)27-15-8-3-9-16-27;1-4-11-25(12-5-1)35-40-36(26-13-6-2-7-14-26)42-37(41-35)31-22-20-28-23-30(21-19-29(28)24-31)32-17-10-18-33-34(32)43-38(39-33)27-15-8-3-9-16-27;1-4-10-23(11-5-1)24-16-18-26(19-17-24)32-36-31(25-12-6-2-7-13-25)37-33(38-32)28-20-21-30-29(22-28)35-34(39-30)27-14-8-3-9-15-27/h2*1-24H;1-22H. The normalized spacial score (nSPS) is 11.2. The Hall–Kier alpha value is -16.0. The van der Waals surface area contributed by atoms with Crippen molar-refractivity contribution in [2.45, 2.75) is 0 Å². The van der Waals surface area contributed by atoms with E-state index in [1.807, 2.05) is 188 Å². The molecule has 0 N–H and O–H groups in total. The monoisotopic (exact) mass is 1650 g/mol. The van der Waals surface area contributed by atoms with Crippen LogP contribution in [0.1, 0.15) is 0 Å². The van der Waals surface area contributed by atoms with Gasteiger partial charge in [-0.2, -0.15) is 0 Å². The molecule has 0 saturated carbocycles. The molecule has 0 bridgehead atoms. The van der Waals surface area contributed by atoms with Crippen molar-refractivity contribution in [1.29, 1.82) is 0 Å². The van der Waals surface area contributed by atoms with E-state index in [2.05, 4.69) is 237 Å². The van der Waals surface area contributed by atoms with E-state index < -0.39 is 0 Å². The largest absolute Gasteiger partial charge is 0.236 e. The van der Waals surface area contributed by atoms with Gasteiger partial charge in [-0.05, 0) is 98.4 Å². The first-order chi connectivity index (χ1) is 61.9. The molecule has 0 radical (unpaired) electrons. The zero-order chi connectivity index (χ0) is 83.2. The summed E-state index contributed by atoms with van der Waals surface area (Å²) < 4.78 is 3.51. The van der Waals surface area contributed by atoms with Gasteiger partial charge in [0.05, 0.1) is 30.6 Å². The maximum Gasteiger partial charge on any atom is 0.164 e. The number of rotatable bonds is 15. The Morgan fingerprint density at radius 2 is 0.408 bits per heavy atom. The summed E-state index contributed by atoms with van der Waals surface area (Å²) in [4.78, 5) is 58.9. The minimum Gasteiger partial charge on any atom is -0.236 e. The van der Waals surface area contributed by atoms with E-state index in [0.29, 0.717) is 52.4 Å². The Morgan fingerprint density at radius 1 is 0.144 bits per heavy atom. The number of benzene rings is 17. The van der Waals surface area contributed by atoms with E-state index in [9.17, 15) is 0 Å². The lowest BCUT2D eigenvalue weighted by molar-refractivity contribution is 1.07. The Bertz CT molecular complexity index is 7370. The fourth-order valence-corrected chi connectivity index (χ4v) is 18.4. The van der Waals surface area contributed by atoms with Crippen LogP contribution in [0.2, 0.25) is 0 Å². The fraction of sp³-hybridized carbons (Fsp3) is 0. The van der Waals surface area contributed by atoms with E-state index >= 15 is 0 Å². The van der Waals surface area contributed by atoms with Crippen LogP contribution in [0.3, 0.4) is 0 Å². The van der Waals surface area contributed by atoms with Gasteiger partial charge < -0.3 is 0 Å². The zero-order valence-corrected chi connectivity index (χ0v) is 69.5. The van der Waals surface area contributed by atoms with E-state index in [0.717, 1.165) is 141 Å². The average Bonchev–Trinajstić information content (AvgIpc) is 1.75. The van der Waals surface area contributed by atoms with Crippen LogP contribution >= 0.6 is 34.0 Å². The van der Waals surface area contributed by atoms with Gasteiger partial charge in [0.2, 0.25) is 0 Å². The van der Waals surface area contributed by atoms with Gasteiger partial charge in [-0.1, -0.05) is 370 Å². The number of hydrogen-bond acceptors (Lipinski definition) is 15. The first-order valence-corrected chi connectivity index (χ1v) is 43.5. The van der Waals surface area contributed by atoms with Crippen LogP contribution in [0.15, 0.2) is 425 Å². The van der Waals surface area contributed by atoms with Crippen molar-refractivity contribution in [3.05, 3.63) is 425 Å². The molecule has 0 aliphatic rings. The van der Waals surface area contributed by atoms with E-state index in [4.69, 9.17) is 59.8 Å². The Morgan fingerprint density at radius 3 is 0.816 bits per heavy atom. The summed E-state index contributed by atoms with van der Waals surface area (Å²) in [6, 6.07) is 145. The third kappa shape index (κ3) is 16.5. The van der Waals surface area contributed by atoms with Crippen molar-refractivity contribution in [3.8, 4) is 168 Å². The summed E-state index contributed by atoms with van der Waals surface area (Å²) in [5, 5.41) is 7.64. The van der Waals surface area contributed by atoms with Crippen molar-refractivity contribution in [1.82, 2.24) is 59.8 Å². The molecule has 125 heavy (non-hydrogen) atoms. The van der Waals surface area contributed by atoms with Crippen molar-refractivity contribution >= 4 is 86.2 Å². The first-order valence-electron chi connectivity index (χ1n) is 41.0. The second kappa shape index (κ2) is 34.6. The molecule has 0 fully saturated rings. The van der Waals surface area contributed by atoms with Crippen LogP contribution in [0.5, 0.6) is 0 Å². The lowest BCUT2D eigenvalue weighted by Gasteiger charge is -2.10. The predicted molar refractivity (Wildman–Crippen MR) is 516 cm³/mol. The molecule has 0 aliphatic carbocycles. The molecule has 6 heterocycles. The Labute approximate surface area is 732 Å². The number of thiazole rings is 3. The van der Waals surface area contributed by atoms with Crippen LogP contribution in [0, 0.1) is 0 Å². The number of hydrogen-bond donors (Lipinski definition) is 0. The van der Waals surface area contributed by atoms with Gasteiger partial charge >= 0.3 is 0 Å². The molecule has 23 rings (SSSR count). The second-order valence-corrected chi connectivity index (χ2v) is 32.9. The third-order valence-electron chi connectivity index (χ3n) is 21.7. The molecule has 0 atom stereocenters. The van der Waals surface area contributed by atoms with Crippen molar-refractivity contribution < 1.29 is 0 Å². The summed E-state index contributed by atoms with van der Waals surface area (Å²) in [7, 11) is 0. The molecule has 588 valence electrons. The molecule has 0 spiro atoms. The lowest BCUT2D eigenvalue weighted by Crippen LogP contribution is -2.00. The topological polar surface area (TPSA) is 155 Å². The molecule has 0 saturated heterocycles. The lowest BCUT2D eigenvalue weighted by atomic mass is 9.99. The second-order valence-electron chi connectivity index (χ2n) is 29.9. The third-order valence-corrected chi connectivity index (χ3v) is 25.0. The fourth-order valence-electron chi connectivity index (χ4n) is 15.3. The van der Waals surface area contributed by atoms with Gasteiger partial charge in [0.25, 0.3) is 0 Å². The Balaban J connectivity index is 0.000000115. The van der Waals surface area contributed by atoms with Crippen LogP contribution < -0.4 is 0 Å². The maximum absolute atomic E-state index is 5.06. The van der Waals surface area contributed by atoms with Crippen LogP contribution in [-0.4, -0.2) is 59.8 Å². The molecule has 17 aromatic carbocycles. The van der Waals surface area contributed by atoms with Crippen LogP contribution in [-0.2, 0) is 0 Å². The summed E-state index contributed by atoms with van der Waals surface area (Å²) in [5.74, 6) is 5.85. The van der Waals surface area contributed by atoms with Gasteiger partial charge in [-0.25, -0.2) is 59.8 Å². The molecule has 0 amide bonds. The van der Waals surface area contributed by atoms with Gasteiger partial charge in [-0.3, -0.25) is 0 Å². The van der Waals surface area contributed by atoms with Gasteiger partial charge in [0.15, 0.2) is 52.4 Å². The number of para-hydroxylation sites is 1. The smallest absolute Gasteiger partial charge is 0.164 e. The molecular formula is C110H70N12S3. The SMILES string of the molecule is c1ccc(-c2ccc(-c3nc(-c4ccccc4)nc(-c4ccc5sc(-c6ccccc6)nc5c4)n3)cc2)cc1.c1ccc(-c2nc(-c3ccccc3)nc(-c3ccc4cc(-c5cccc6nc(-c7ccccc7)sc56)ccc4c3)n2)cc1.c1ccc(-c2nc(-c3ccccc3)nc(-c3ccc4cc(-c5cccc6sc(-c7ccccc7)nc56)ccc4c3)n2)cc1. The highest BCUT2D eigenvalue weighted by molar-refractivity contribution is 7.22. The average molecular weight is 1660 g/mol. The summed E-state index contributed by atoms with van der Waals surface area (Å²) in [5.41, 5.74) is 21.9. The molecule has 15 heteroatoms. The summed E-state index contributed by atoms with van der Waals surface area (Å²) in [6.45, 7) is 0. The van der Waals surface area contributed by atoms with Crippen molar-refractivity contribution in [2.24, 2.45) is 0 Å². The highest BCUT2D eigenvalue weighted by Crippen LogP contribution is 2.42. The van der Waals surface area contributed by atoms with Crippen LogP contribution in [0.4, 0.5) is 0 Å². The van der Waals surface area contributed by atoms with Gasteiger partial charge in [0.1, 0.15) is 15.0 Å². The molecule has 12 nitrogen and oxygen atoms in total. The number of fused-ring (bicyclic) bond motifs is 5. The molecule has 0 aliphatic heterocycles. The Kier molecular flexibility index (Phi) is 21.1. The summed E-state index contributed by atoms with van der Waals surface area (Å²) >= 11 is 5.16. The zero-order valence-electron chi connectivity index (χ0n) is 67.0.